The van der Waals surface area contributed by atoms with Crippen LogP contribution in [0.1, 0.15) is 30.9 Å². The van der Waals surface area contributed by atoms with Gasteiger partial charge in [-0.3, -0.25) is 4.99 Å². The first kappa shape index (κ1) is 15.3. The standard InChI is InChI=1S/C21H25N3/c1-2-12-21(20-22-13-14-23-20)15-18-10-6-7-11-19(18)24(21)16-17-8-4-3-5-9-17/h3-11H,2,12-16H2,1H3,(H,22,23). The summed E-state index contributed by atoms with van der Waals surface area (Å²) in [7, 11) is 0. The fourth-order valence-corrected chi connectivity index (χ4v) is 4.24. The molecule has 0 aliphatic carbocycles. The van der Waals surface area contributed by atoms with Crippen molar-refractivity contribution >= 4 is 11.5 Å². The Kier molecular flexibility index (Phi) is 4.01. The molecule has 2 aliphatic heterocycles. The average Bonchev–Trinajstić information content (AvgIpc) is 3.24. The minimum Gasteiger partial charge on any atom is -0.370 e. The molecule has 2 aliphatic rings. The highest BCUT2D eigenvalue weighted by atomic mass is 15.3. The summed E-state index contributed by atoms with van der Waals surface area (Å²) in [4.78, 5) is 7.44. The lowest BCUT2D eigenvalue weighted by Crippen LogP contribution is -2.56. The van der Waals surface area contributed by atoms with Crippen LogP contribution in [-0.2, 0) is 13.0 Å². The number of anilines is 1. The lowest BCUT2D eigenvalue weighted by molar-refractivity contribution is 0.474. The molecule has 1 N–H and O–H groups in total. The maximum Gasteiger partial charge on any atom is 0.123 e. The molecule has 0 spiro atoms. The second-order valence-corrected chi connectivity index (χ2v) is 6.82. The van der Waals surface area contributed by atoms with Crippen molar-refractivity contribution in [3.63, 3.8) is 0 Å². The number of nitrogens with one attached hydrogen (secondary N) is 1. The summed E-state index contributed by atoms with van der Waals surface area (Å²) in [5.74, 6) is 1.19. The molecule has 3 nitrogen and oxygen atoms in total. The van der Waals surface area contributed by atoms with E-state index in [1.54, 1.807) is 0 Å². The molecular weight excluding hydrogens is 294 g/mol. The summed E-state index contributed by atoms with van der Waals surface area (Å²) in [5.41, 5.74) is 4.14. The Balaban J connectivity index is 1.79. The van der Waals surface area contributed by atoms with Gasteiger partial charge in [-0.05, 0) is 23.6 Å². The molecule has 0 radical (unpaired) electrons. The maximum atomic E-state index is 4.85. The van der Waals surface area contributed by atoms with Gasteiger partial charge in [0.25, 0.3) is 0 Å². The Labute approximate surface area is 144 Å². The normalized spacial score (nSPS) is 22.2. The number of hydrogen-bond acceptors (Lipinski definition) is 3. The van der Waals surface area contributed by atoms with E-state index in [4.69, 9.17) is 4.99 Å². The quantitative estimate of drug-likeness (QED) is 0.908. The van der Waals surface area contributed by atoms with Gasteiger partial charge in [0, 0.05) is 25.2 Å². The van der Waals surface area contributed by atoms with Gasteiger partial charge in [-0.1, -0.05) is 61.9 Å². The van der Waals surface area contributed by atoms with E-state index in [0.29, 0.717) is 0 Å². The van der Waals surface area contributed by atoms with Crippen molar-refractivity contribution in [2.75, 3.05) is 18.0 Å². The minimum atomic E-state index is -0.0230. The summed E-state index contributed by atoms with van der Waals surface area (Å²) in [6, 6.07) is 19.7. The predicted octanol–water partition coefficient (Wildman–Crippen LogP) is 3.79. The fraction of sp³-hybridized carbons (Fsp3) is 0.381. The first-order valence-electron chi connectivity index (χ1n) is 9.02. The first-order valence-corrected chi connectivity index (χ1v) is 9.02. The van der Waals surface area contributed by atoms with Gasteiger partial charge in [0.1, 0.15) is 11.4 Å². The Morgan fingerprint density at radius 1 is 1.08 bits per heavy atom. The van der Waals surface area contributed by atoms with Gasteiger partial charge in [0.15, 0.2) is 0 Å². The summed E-state index contributed by atoms with van der Waals surface area (Å²) in [5, 5.41) is 3.58. The molecule has 24 heavy (non-hydrogen) atoms. The SMILES string of the molecule is CCCC1(C2=NCCN2)Cc2ccccc2N1Cc1ccccc1. The number of benzene rings is 2. The van der Waals surface area contributed by atoms with Crippen molar-refractivity contribution in [1.82, 2.24) is 5.32 Å². The van der Waals surface area contributed by atoms with Crippen LogP contribution in [0.15, 0.2) is 59.6 Å². The molecule has 1 unspecified atom stereocenters. The minimum absolute atomic E-state index is 0.0230. The Bertz CT molecular complexity index is 738. The second-order valence-electron chi connectivity index (χ2n) is 6.82. The van der Waals surface area contributed by atoms with Crippen molar-refractivity contribution in [3.8, 4) is 0 Å². The molecule has 1 atom stereocenters. The van der Waals surface area contributed by atoms with Crippen LogP contribution in [-0.4, -0.2) is 24.5 Å². The largest absolute Gasteiger partial charge is 0.370 e. The molecule has 2 aromatic carbocycles. The van der Waals surface area contributed by atoms with Crippen LogP contribution in [0.3, 0.4) is 0 Å². The van der Waals surface area contributed by atoms with E-state index in [0.717, 1.165) is 38.9 Å². The number of rotatable bonds is 5. The molecule has 0 saturated carbocycles. The number of para-hydroxylation sites is 1. The Morgan fingerprint density at radius 2 is 1.88 bits per heavy atom. The number of fused-ring (bicyclic) bond motifs is 1. The molecule has 0 saturated heterocycles. The highest BCUT2D eigenvalue weighted by molar-refractivity contribution is 5.98. The third-order valence-electron chi connectivity index (χ3n) is 5.24. The van der Waals surface area contributed by atoms with Gasteiger partial charge in [-0.2, -0.15) is 0 Å². The van der Waals surface area contributed by atoms with E-state index in [1.807, 2.05) is 0 Å². The van der Waals surface area contributed by atoms with E-state index in [1.165, 1.54) is 22.6 Å². The van der Waals surface area contributed by atoms with Gasteiger partial charge in [-0.15, -0.1) is 0 Å². The smallest absolute Gasteiger partial charge is 0.123 e. The summed E-state index contributed by atoms with van der Waals surface area (Å²) in [6.45, 7) is 5.08. The van der Waals surface area contributed by atoms with E-state index in [9.17, 15) is 0 Å². The summed E-state index contributed by atoms with van der Waals surface area (Å²) >= 11 is 0. The van der Waals surface area contributed by atoms with Crippen molar-refractivity contribution in [3.05, 3.63) is 65.7 Å². The zero-order valence-corrected chi connectivity index (χ0v) is 14.3. The van der Waals surface area contributed by atoms with Crippen LogP contribution < -0.4 is 10.2 Å². The average molecular weight is 319 g/mol. The summed E-state index contributed by atoms with van der Waals surface area (Å²) in [6.07, 6.45) is 3.33. The van der Waals surface area contributed by atoms with Crippen LogP contribution in [0.25, 0.3) is 0 Å². The van der Waals surface area contributed by atoms with Crippen molar-refractivity contribution < 1.29 is 0 Å². The third kappa shape index (κ3) is 2.48. The monoisotopic (exact) mass is 319 g/mol. The second kappa shape index (κ2) is 6.31. The number of nitrogens with zero attached hydrogens (tertiary/aromatic N) is 2. The van der Waals surface area contributed by atoms with Crippen LogP contribution in [0.4, 0.5) is 5.69 Å². The summed E-state index contributed by atoms with van der Waals surface area (Å²) < 4.78 is 0. The van der Waals surface area contributed by atoms with E-state index < -0.39 is 0 Å². The van der Waals surface area contributed by atoms with E-state index in [-0.39, 0.29) is 5.54 Å². The molecule has 2 aromatic rings. The number of aliphatic imine (C=N–C) groups is 1. The maximum absolute atomic E-state index is 4.85. The fourth-order valence-electron chi connectivity index (χ4n) is 4.24. The molecule has 0 aromatic heterocycles. The van der Waals surface area contributed by atoms with Crippen LogP contribution >= 0.6 is 0 Å². The van der Waals surface area contributed by atoms with Gasteiger partial charge in [0.2, 0.25) is 0 Å². The Hall–Kier alpha value is -2.29. The molecule has 124 valence electrons. The molecule has 0 fully saturated rings. The number of amidine groups is 1. The number of hydrogen-bond donors (Lipinski definition) is 1. The van der Waals surface area contributed by atoms with Crippen molar-refractivity contribution in [1.29, 1.82) is 0 Å². The first-order chi connectivity index (χ1) is 11.8. The topological polar surface area (TPSA) is 27.6 Å². The zero-order chi connectivity index (χ0) is 16.4. The lowest BCUT2D eigenvalue weighted by Gasteiger charge is -2.40. The third-order valence-corrected chi connectivity index (χ3v) is 5.24. The lowest BCUT2D eigenvalue weighted by atomic mass is 9.87. The Morgan fingerprint density at radius 3 is 2.62 bits per heavy atom. The van der Waals surface area contributed by atoms with Crippen LogP contribution in [0, 0.1) is 0 Å². The molecular formula is C21H25N3. The van der Waals surface area contributed by atoms with Crippen molar-refractivity contribution in [2.45, 2.75) is 38.3 Å². The van der Waals surface area contributed by atoms with Gasteiger partial charge in [0.05, 0.1) is 6.54 Å². The van der Waals surface area contributed by atoms with Gasteiger partial charge in [-0.25, -0.2) is 0 Å². The molecule has 0 bridgehead atoms. The predicted molar refractivity (Wildman–Crippen MR) is 101 cm³/mol. The molecule has 3 heteroatoms. The molecule has 2 heterocycles. The zero-order valence-electron chi connectivity index (χ0n) is 14.3. The van der Waals surface area contributed by atoms with E-state index in [2.05, 4.69) is 71.7 Å². The van der Waals surface area contributed by atoms with Gasteiger partial charge >= 0.3 is 0 Å². The molecule has 0 amide bonds. The van der Waals surface area contributed by atoms with Gasteiger partial charge < -0.3 is 10.2 Å². The van der Waals surface area contributed by atoms with E-state index >= 15 is 0 Å². The van der Waals surface area contributed by atoms with Crippen LogP contribution in [0.5, 0.6) is 0 Å². The highest BCUT2D eigenvalue weighted by Crippen LogP contribution is 2.43. The van der Waals surface area contributed by atoms with Crippen molar-refractivity contribution in [2.24, 2.45) is 4.99 Å². The highest BCUT2D eigenvalue weighted by Gasteiger charge is 2.47. The van der Waals surface area contributed by atoms with Crippen LogP contribution in [0.2, 0.25) is 0 Å². The molecule has 4 rings (SSSR count).